The van der Waals surface area contributed by atoms with E-state index in [9.17, 15) is 28.3 Å². The van der Waals surface area contributed by atoms with Crippen LogP contribution in [0.1, 0.15) is 18.0 Å². The molecule has 1 aromatic carbocycles. The zero-order valence-electron chi connectivity index (χ0n) is 10.6. The van der Waals surface area contributed by atoms with Crippen LogP contribution in [0.5, 0.6) is 0 Å². The molecule has 1 aliphatic heterocycles. The fraction of sp³-hybridized carbons (Fsp3) is 0.308. The number of amides is 1. The molecule has 2 unspecified atom stereocenters. The molecule has 1 fully saturated rings. The van der Waals surface area contributed by atoms with Gasteiger partial charge in [-0.05, 0) is 6.07 Å². The molecule has 2 N–H and O–H groups in total. The maximum atomic E-state index is 13.8. The van der Waals surface area contributed by atoms with Crippen molar-refractivity contribution in [2.75, 3.05) is 6.54 Å². The number of carbonyl (C=O) groups is 3. The van der Waals surface area contributed by atoms with Gasteiger partial charge in [-0.25, -0.2) is 13.6 Å². The average Bonchev–Trinajstić information content (AvgIpc) is 2.77. The molecular weight excluding hydrogens is 288 g/mol. The van der Waals surface area contributed by atoms with E-state index in [-0.39, 0.29) is 13.0 Å². The van der Waals surface area contributed by atoms with Gasteiger partial charge in [-0.15, -0.1) is 0 Å². The van der Waals surface area contributed by atoms with Crippen LogP contribution in [-0.4, -0.2) is 39.5 Å². The van der Waals surface area contributed by atoms with Gasteiger partial charge < -0.3 is 15.1 Å². The summed E-state index contributed by atoms with van der Waals surface area (Å²) >= 11 is 0. The lowest BCUT2D eigenvalue weighted by Gasteiger charge is -2.25. The highest BCUT2D eigenvalue weighted by molar-refractivity contribution is 5.90. The highest BCUT2D eigenvalue weighted by atomic mass is 19.2. The number of benzene rings is 1. The first-order valence-corrected chi connectivity index (χ1v) is 6.02. The lowest BCUT2D eigenvalue weighted by molar-refractivity contribution is -0.149. The highest BCUT2D eigenvalue weighted by Crippen LogP contribution is 2.31. The average molecular weight is 299 g/mol. The number of nitrogens with zero attached hydrogens (tertiary/aromatic N) is 1. The number of halogens is 2. The zero-order chi connectivity index (χ0) is 15.7. The van der Waals surface area contributed by atoms with E-state index in [4.69, 9.17) is 5.11 Å². The van der Waals surface area contributed by atoms with Gasteiger partial charge in [0.25, 0.3) is 0 Å². The molecule has 0 radical (unpaired) electrons. The molecule has 1 saturated heterocycles. The summed E-state index contributed by atoms with van der Waals surface area (Å²) in [4.78, 5) is 34.8. The number of carboxylic acids is 2. The lowest BCUT2D eigenvalue weighted by atomic mass is 10.0. The van der Waals surface area contributed by atoms with Crippen LogP contribution in [0.3, 0.4) is 0 Å². The van der Waals surface area contributed by atoms with E-state index < -0.39 is 47.0 Å². The monoisotopic (exact) mass is 299 g/mol. The second-order valence-corrected chi connectivity index (χ2v) is 4.67. The van der Waals surface area contributed by atoms with Gasteiger partial charge in [-0.3, -0.25) is 9.59 Å². The Kier molecular flexibility index (Phi) is 3.88. The lowest BCUT2D eigenvalue weighted by Crippen LogP contribution is -2.36. The molecule has 1 heterocycles. The Labute approximate surface area is 117 Å². The number of carboxylic acid groups (broad SMARTS) is 2. The van der Waals surface area contributed by atoms with E-state index in [0.717, 1.165) is 23.1 Å². The number of likely N-dealkylation sites (tertiary alicyclic amines) is 1. The van der Waals surface area contributed by atoms with E-state index in [2.05, 4.69) is 0 Å². The zero-order valence-corrected chi connectivity index (χ0v) is 10.6. The molecule has 2 rings (SSSR count). The van der Waals surface area contributed by atoms with Crippen molar-refractivity contribution in [3.63, 3.8) is 0 Å². The molecule has 0 bridgehead atoms. The minimum absolute atomic E-state index is 0.360. The van der Waals surface area contributed by atoms with Crippen LogP contribution >= 0.6 is 0 Å². The summed E-state index contributed by atoms with van der Waals surface area (Å²) in [7, 11) is 0. The molecule has 0 saturated carbocycles. The first-order valence-electron chi connectivity index (χ1n) is 6.02. The van der Waals surface area contributed by atoms with E-state index in [1.807, 2.05) is 0 Å². The predicted octanol–water partition coefficient (Wildman–Crippen LogP) is 1.02. The van der Waals surface area contributed by atoms with Gasteiger partial charge in [0, 0.05) is 18.5 Å². The van der Waals surface area contributed by atoms with Gasteiger partial charge >= 0.3 is 11.9 Å². The molecule has 1 aliphatic rings. The topological polar surface area (TPSA) is 94.9 Å². The maximum Gasteiger partial charge on any atom is 0.331 e. The molecule has 2 atom stereocenters. The fourth-order valence-corrected chi connectivity index (χ4v) is 2.31. The summed E-state index contributed by atoms with van der Waals surface area (Å²) in [6, 6.07) is 1.25. The molecule has 0 aromatic heterocycles. The molecule has 1 amide bonds. The van der Waals surface area contributed by atoms with E-state index in [1.54, 1.807) is 0 Å². The molecule has 1 aromatic rings. The summed E-state index contributed by atoms with van der Waals surface area (Å²) in [6.45, 7) is -0.360. The standard InChI is InChI=1S/C13H11F2NO5/c14-8-3-1-2-7(10(8)15)11(13(20)21)16-5-6(12(18)19)4-9(16)17/h1-3,6,11H,4-5H2,(H,18,19)(H,20,21). The molecule has 0 spiro atoms. The van der Waals surface area contributed by atoms with Gasteiger partial charge in [-0.1, -0.05) is 12.1 Å². The van der Waals surface area contributed by atoms with Crippen LogP contribution < -0.4 is 0 Å². The van der Waals surface area contributed by atoms with E-state index >= 15 is 0 Å². The van der Waals surface area contributed by atoms with Gasteiger partial charge in [0.2, 0.25) is 5.91 Å². The molecule has 21 heavy (non-hydrogen) atoms. The second-order valence-electron chi connectivity index (χ2n) is 4.67. The molecule has 112 valence electrons. The van der Waals surface area contributed by atoms with Gasteiger partial charge in [0.1, 0.15) is 0 Å². The SMILES string of the molecule is O=C(O)C1CC(=O)N(C(C(=O)O)c2cccc(F)c2F)C1. The third kappa shape index (κ3) is 2.69. The Balaban J connectivity index is 2.41. The van der Waals surface area contributed by atoms with Crippen molar-refractivity contribution in [3.05, 3.63) is 35.4 Å². The number of aliphatic carboxylic acids is 2. The maximum absolute atomic E-state index is 13.8. The van der Waals surface area contributed by atoms with Crippen LogP contribution in [0, 0.1) is 17.6 Å². The molecule has 8 heteroatoms. The van der Waals surface area contributed by atoms with Gasteiger partial charge in [0.15, 0.2) is 17.7 Å². The number of hydrogen-bond donors (Lipinski definition) is 2. The number of rotatable bonds is 4. The smallest absolute Gasteiger partial charge is 0.331 e. The molecule has 0 aliphatic carbocycles. The summed E-state index contributed by atoms with van der Waals surface area (Å²) in [5.41, 5.74) is -0.512. The number of carbonyl (C=O) groups excluding carboxylic acids is 1. The van der Waals surface area contributed by atoms with Crippen molar-refractivity contribution in [2.45, 2.75) is 12.5 Å². The first kappa shape index (κ1) is 14.9. The molecular formula is C13H11F2NO5. The second kappa shape index (κ2) is 5.47. The van der Waals surface area contributed by atoms with E-state index in [1.165, 1.54) is 0 Å². The normalized spacial score (nSPS) is 19.6. The van der Waals surface area contributed by atoms with Crippen LogP contribution in [0.4, 0.5) is 8.78 Å². The van der Waals surface area contributed by atoms with Crippen LogP contribution in [0.25, 0.3) is 0 Å². The molecule has 6 nitrogen and oxygen atoms in total. The minimum Gasteiger partial charge on any atom is -0.481 e. The largest absolute Gasteiger partial charge is 0.481 e. The van der Waals surface area contributed by atoms with Crippen molar-refractivity contribution in [3.8, 4) is 0 Å². The first-order chi connectivity index (χ1) is 9.82. The minimum atomic E-state index is -1.75. The quantitative estimate of drug-likeness (QED) is 0.865. The Morgan fingerprint density at radius 2 is 1.95 bits per heavy atom. The summed E-state index contributed by atoms with van der Waals surface area (Å²) < 4.78 is 27.0. The van der Waals surface area contributed by atoms with Crippen molar-refractivity contribution in [1.29, 1.82) is 0 Å². The fourth-order valence-electron chi connectivity index (χ4n) is 2.31. The van der Waals surface area contributed by atoms with Crippen LogP contribution in [0.15, 0.2) is 18.2 Å². The van der Waals surface area contributed by atoms with Gasteiger partial charge in [-0.2, -0.15) is 0 Å². The summed E-state index contributed by atoms with van der Waals surface area (Å²) in [5, 5.41) is 18.1. The summed E-state index contributed by atoms with van der Waals surface area (Å²) in [5.74, 6) is -7.18. The van der Waals surface area contributed by atoms with Crippen LogP contribution in [0.2, 0.25) is 0 Å². The summed E-state index contributed by atoms with van der Waals surface area (Å²) in [6.07, 6.45) is -0.365. The van der Waals surface area contributed by atoms with Crippen molar-refractivity contribution in [1.82, 2.24) is 4.90 Å². The van der Waals surface area contributed by atoms with Crippen molar-refractivity contribution < 1.29 is 33.4 Å². The van der Waals surface area contributed by atoms with Crippen molar-refractivity contribution in [2.24, 2.45) is 5.92 Å². The predicted molar refractivity (Wildman–Crippen MR) is 64.2 cm³/mol. The van der Waals surface area contributed by atoms with Gasteiger partial charge in [0.05, 0.1) is 5.92 Å². The third-order valence-corrected chi connectivity index (χ3v) is 3.33. The number of hydrogen-bond acceptors (Lipinski definition) is 3. The van der Waals surface area contributed by atoms with E-state index in [0.29, 0.717) is 0 Å². The highest BCUT2D eigenvalue weighted by Gasteiger charge is 2.42. The Bertz CT molecular complexity index is 619. The Morgan fingerprint density at radius 1 is 1.29 bits per heavy atom. The Hall–Kier alpha value is -2.51. The van der Waals surface area contributed by atoms with Crippen LogP contribution in [-0.2, 0) is 14.4 Å². The van der Waals surface area contributed by atoms with Crippen molar-refractivity contribution >= 4 is 17.8 Å². The Morgan fingerprint density at radius 3 is 2.48 bits per heavy atom. The third-order valence-electron chi connectivity index (χ3n) is 3.33.